The zero-order chi connectivity index (χ0) is 22.4. The second kappa shape index (κ2) is 10.5. The Morgan fingerprint density at radius 2 is 2.10 bits per heavy atom. The summed E-state index contributed by atoms with van der Waals surface area (Å²) >= 11 is 6.35. The molecule has 0 bridgehead atoms. The Balaban J connectivity index is 1.87. The Morgan fingerprint density at radius 3 is 2.71 bits per heavy atom. The molecule has 1 saturated heterocycles. The number of hydrogen-bond acceptors (Lipinski definition) is 8. The van der Waals surface area contributed by atoms with Gasteiger partial charge in [0.25, 0.3) is 0 Å². The number of nitrogens with two attached hydrogens (primary N) is 1. The van der Waals surface area contributed by atoms with Crippen molar-refractivity contribution in [2.24, 2.45) is 5.14 Å². The molecular formula is C20H26ClN3O6S. The lowest BCUT2D eigenvalue weighted by Crippen LogP contribution is -2.38. The number of furan rings is 1. The highest BCUT2D eigenvalue weighted by atomic mass is 35.5. The number of halogens is 1. The first-order valence-corrected chi connectivity index (χ1v) is 11.8. The first-order chi connectivity index (χ1) is 14.8. The minimum Gasteiger partial charge on any atom is -0.467 e. The van der Waals surface area contributed by atoms with Crippen LogP contribution >= 0.6 is 11.6 Å². The average molecular weight is 472 g/mol. The molecule has 2 aromatic rings. The van der Waals surface area contributed by atoms with E-state index in [1.165, 1.54) is 12.3 Å². The van der Waals surface area contributed by atoms with Crippen LogP contribution in [0.2, 0.25) is 5.02 Å². The predicted octanol–water partition coefficient (Wildman–Crippen LogP) is 2.24. The van der Waals surface area contributed by atoms with E-state index >= 15 is 0 Å². The van der Waals surface area contributed by atoms with E-state index in [9.17, 15) is 13.2 Å². The fourth-order valence-corrected chi connectivity index (χ4v) is 4.61. The maximum Gasteiger partial charge on any atom is 0.340 e. The van der Waals surface area contributed by atoms with Crippen LogP contribution in [0.1, 0.15) is 28.6 Å². The number of nitrogens with one attached hydrogen (secondary N) is 1. The first kappa shape index (κ1) is 23.6. The molecule has 31 heavy (non-hydrogen) atoms. The van der Waals surface area contributed by atoms with Crippen LogP contribution < -0.4 is 10.5 Å². The van der Waals surface area contributed by atoms with Crippen molar-refractivity contribution in [2.75, 3.05) is 44.8 Å². The smallest absolute Gasteiger partial charge is 0.340 e. The van der Waals surface area contributed by atoms with Crippen molar-refractivity contribution >= 4 is 33.3 Å². The van der Waals surface area contributed by atoms with Crippen LogP contribution in [0.15, 0.2) is 33.8 Å². The van der Waals surface area contributed by atoms with Gasteiger partial charge in [0.1, 0.15) is 17.3 Å². The van der Waals surface area contributed by atoms with Gasteiger partial charge in [0.2, 0.25) is 10.0 Å². The lowest BCUT2D eigenvalue weighted by atomic mass is 10.0. The molecule has 9 nitrogen and oxygen atoms in total. The Labute approximate surface area is 186 Å². The number of carbonyl (C=O) groups is 1. The second-order valence-corrected chi connectivity index (χ2v) is 8.92. The van der Waals surface area contributed by atoms with Gasteiger partial charge in [0.15, 0.2) is 0 Å². The summed E-state index contributed by atoms with van der Waals surface area (Å²) in [6, 6.07) is 4.69. The van der Waals surface area contributed by atoms with Gasteiger partial charge in [-0.05, 0) is 30.2 Å². The van der Waals surface area contributed by atoms with Crippen LogP contribution in [0, 0.1) is 0 Å². The van der Waals surface area contributed by atoms with Crippen molar-refractivity contribution in [2.45, 2.75) is 24.8 Å². The molecular weight excluding hydrogens is 446 g/mol. The van der Waals surface area contributed by atoms with Gasteiger partial charge in [0, 0.05) is 19.6 Å². The standard InChI is InChI=1S/C20H26ClN3O6S/c1-2-15-18(21)17(31(22,26)27)12-16(19(15)23-13-14-4-3-8-29-14)20(25)30-11-7-24-5-9-28-10-6-24/h3-4,8,12,23H,2,5-7,9-11,13H2,1H3,(H2,22,26,27). The normalized spacial score (nSPS) is 15.1. The predicted molar refractivity (Wildman–Crippen MR) is 116 cm³/mol. The number of primary sulfonamides is 1. The van der Waals surface area contributed by atoms with E-state index in [0.29, 0.717) is 43.2 Å². The topological polar surface area (TPSA) is 124 Å². The summed E-state index contributed by atoms with van der Waals surface area (Å²) in [6.07, 6.45) is 1.91. The van der Waals surface area contributed by atoms with Crippen LogP contribution in [-0.2, 0) is 32.5 Å². The van der Waals surface area contributed by atoms with Crippen molar-refractivity contribution in [1.82, 2.24) is 4.90 Å². The van der Waals surface area contributed by atoms with E-state index in [-0.39, 0.29) is 28.6 Å². The molecule has 1 fully saturated rings. The van der Waals surface area contributed by atoms with Gasteiger partial charge >= 0.3 is 5.97 Å². The third-order valence-electron chi connectivity index (χ3n) is 4.97. The molecule has 1 aliphatic heterocycles. The summed E-state index contributed by atoms with van der Waals surface area (Å²) in [5, 5.41) is 8.45. The van der Waals surface area contributed by atoms with E-state index in [4.69, 9.17) is 30.6 Å². The molecule has 0 saturated carbocycles. The number of ether oxygens (including phenoxy) is 2. The molecule has 170 valence electrons. The molecule has 0 aliphatic carbocycles. The highest BCUT2D eigenvalue weighted by Crippen LogP contribution is 2.35. The van der Waals surface area contributed by atoms with Gasteiger partial charge < -0.3 is 19.2 Å². The SMILES string of the molecule is CCc1c(Cl)c(S(N)(=O)=O)cc(C(=O)OCCN2CCOCC2)c1NCc1ccco1. The average Bonchev–Trinajstić information content (AvgIpc) is 3.25. The number of nitrogens with zero attached hydrogens (tertiary/aromatic N) is 1. The molecule has 11 heteroatoms. The number of sulfonamides is 1. The molecule has 1 aromatic heterocycles. The van der Waals surface area contributed by atoms with Gasteiger partial charge in [-0.2, -0.15) is 0 Å². The number of anilines is 1. The van der Waals surface area contributed by atoms with Crippen LogP contribution in [0.4, 0.5) is 5.69 Å². The van der Waals surface area contributed by atoms with Crippen LogP contribution in [-0.4, -0.2) is 58.7 Å². The summed E-state index contributed by atoms with van der Waals surface area (Å²) in [5.74, 6) is -0.0215. The lowest BCUT2D eigenvalue weighted by Gasteiger charge is -2.26. The van der Waals surface area contributed by atoms with Crippen LogP contribution in [0.3, 0.4) is 0 Å². The molecule has 1 aliphatic rings. The van der Waals surface area contributed by atoms with E-state index in [1.807, 2.05) is 0 Å². The third-order valence-corrected chi connectivity index (χ3v) is 6.45. The Bertz CT molecular complexity index is 1000. The molecule has 0 unspecified atom stereocenters. The van der Waals surface area contributed by atoms with Gasteiger partial charge in [-0.15, -0.1) is 0 Å². The Kier molecular flexibility index (Phi) is 7.95. The fraction of sp³-hybridized carbons (Fsp3) is 0.450. The maximum absolute atomic E-state index is 12.9. The minimum absolute atomic E-state index is 0.0168. The number of esters is 1. The van der Waals surface area contributed by atoms with E-state index in [0.717, 1.165) is 13.1 Å². The van der Waals surface area contributed by atoms with Crippen LogP contribution in [0.25, 0.3) is 0 Å². The van der Waals surface area contributed by atoms with Crippen molar-refractivity contribution in [3.8, 4) is 0 Å². The minimum atomic E-state index is -4.14. The fourth-order valence-electron chi connectivity index (χ4n) is 3.35. The maximum atomic E-state index is 12.9. The number of morpholine rings is 1. The van der Waals surface area contributed by atoms with Crippen molar-refractivity contribution in [3.05, 3.63) is 46.4 Å². The number of hydrogen-bond donors (Lipinski definition) is 2. The summed E-state index contributed by atoms with van der Waals surface area (Å²) in [6.45, 7) is 5.62. The molecule has 3 rings (SSSR count). The van der Waals surface area contributed by atoms with E-state index in [1.54, 1.807) is 19.1 Å². The largest absolute Gasteiger partial charge is 0.467 e. The molecule has 3 N–H and O–H groups in total. The zero-order valence-corrected chi connectivity index (χ0v) is 18.8. The van der Waals surface area contributed by atoms with Gasteiger partial charge in [-0.1, -0.05) is 18.5 Å². The van der Waals surface area contributed by atoms with Crippen LogP contribution in [0.5, 0.6) is 0 Å². The number of carbonyl (C=O) groups excluding carboxylic acids is 1. The van der Waals surface area contributed by atoms with Crippen molar-refractivity contribution < 1.29 is 27.1 Å². The summed E-state index contributed by atoms with van der Waals surface area (Å²) in [4.78, 5) is 14.7. The zero-order valence-electron chi connectivity index (χ0n) is 17.2. The molecule has 0 atom stereocenters. The summed E-state index contributed by atoms with van der Waals surface area (Å²) in [7, 11) is -4.14. The van der Waals surface area contributed by atoms with Crippen molar-refractivity contribution in [3.63, 3.8) is 0 Å². The summed E-state index contributed by atoms with van der Waals surface area (Å²) in [5.41, 5.74) is 0.909. The number of rotatable bonds is 9. The first-order valence-electron chi connectivity index (χ1n) is 9.93. The highest BCUT2D eigenvalue weighted by molar-refractivity contribution is 7.89. The Hall–Kier alpha value is -2.11. The lowest BCUT2D eigenvalue weighted by molar-refractivity contribution is 0.0196. The molecule has 0 amide bonds. The third kappa shape index (κ3) is 5.98. The Morgan fingerprint density at radius 1 is 1.35 bits per heavy atom. The van der Waals surface area contributed by atoms with Gasteiger partial charge in [-0.3, -0.25) is 4.90 Å². The second-order valence-electron chi connectivity index (χ2n) is 7.01. The molecule has 2 heterocycles. The summed E-state index contributed by atoms with van der Waals surface area (Å²) < 4.78 is 40.2. The highest BCUT2D eigenvalue weighted by Gasteiger charge is 2.26. The van der Waals surface area contributed by atoms with Gasteiger partial charge in [0.05, 0.1) is 42.3 Å². The molecule has 0 radical (unpaired) electrons. The quantitative estimate of drug-likeness (QED) is 0.533. The monoisotopic (exact) mass is 471 g/mol. The molecule has 1 aromatic carbocycles. The van der Waals surface area contributed by atoms with Gasteiger partial charge in [-0.25, -0.2) is 18.4 Å². The number of benzene rings is 1. The van der Waals surface area contributed by atoms with E-state index in [2.05, 4.69) is 10.2 Å². The van der Waals surface area contributed by atoms with Crippen molar-refractivity contribution in [1.29, 1.82) is 0 Å². The van der Waals surface area contributed by atoms with E-state index < -0.39 is 16.0 Å². The molecule has 0 spiro atoms.